The quantitative estimate of drug-likeness (QED) is 0.599. The van der Waals surface area contributed by atoms with Crippen LogP contribution in [0.5, 0.6) is 0 Å². The number of hydrogen-bond acceptors (Lipinski definition) is 2. The van der Waals surface area contributed by atoms with Crippen LogP contribution in [0, 0.1) is 18.8 Å². The second-order valence-corrected chi connectivity index (χ2v) is 3.72. The molecular weight excluding hydrogens is 212 g/mol. The van der Waals surface area contributed by atoms with Gasteiger partial charge in [-0.3, -0.25) is 4.79 Å². The van der Waals surface area contributed by atoms with E-state index in [1.807, 2.05) is 38.1 Å². The summed E-state index contributed by atoms with van der Waals surface area (Å²) < 4.78 is 0. The Morgan fingerprint density at radius 1 is 1.35 bits per heavy atom. The maximum Gasteiger partial charge on any atom is 0.238 e. The van der Waals surface area contributed by atoms with Gasteiger partial charge in [0.15, 0.2) is 0 Å². The second-order valence-electron chi connectivity index (χ2n) is 3.72. The van der Waals surface area contributed by atoms with Crippen LogP contribution in [0.3, 0.4) is 0 Å². The summed E-state index contributed by atoms with van der Waals surface area (Å²) >= 11 is 0. The Balaban J connectivity index is 2.29. The van der Waals surface area contributed by atoms with Crippen LogP contribution in [0.1, 0.15) is 18.9 Å². The number of carbonyl (C=O) groups is 1. The molecule has 0 saturated carbocycles. The molecule has 17 heavy (non-hydrogen) atoms. The highest BCUT2D eigenvalue weighted by Crippen LogP contribution is 2.12. The number of para-hydroxylation sites is 1. The van der Waals surface area contributed by atoms with Gasteiger partial charge in [0, 0.05) is 18.7 Å². The molecule has 1 rings (SSSR count). The Bertz CT molecular complexity index is 429. The lowest BCUT2D eigenvalue weighted by Gasteiger charge is -2.08. The highest BCUT2D eigenvalue weighted by Gasteiger charge is 2.02. The Morgan fingerprint density at radius 2 is 2.12 bits per heavy atom. The predicted molar refractivity (Wildman–Crippen MR) is 70.7 cm³/mol. The van der Waals surface area contributed by atoms with Crippen LogP contribution in [0.2, 0.25) is 0 Å². The van der Waals surface area contributed by atoms with E-state index in [2.05, 4.69) is 22.5 Å². The summed E-state index contributed by atoms with van der Waals surface area (Å²) in [7, 11) is 0. The van der Waals surface area contributed by atoms with Crippen LogP contribution in [0.4, 0.5) is 5.69 Å². The van der Waals surface area contributed by atoms with E-state index in [0.29, 0.717) is 6.54 Å². The topological polar surface area (TPSA) is 41.1 Å². The standard InChI is InChI=1S/C14H18N2O/c1-3-4-7-10-15-11-14(17)16-13-9-6-5-8-12(13)2/h5-6,8-9,15H,7,10-11H2,1-2H3,(H,16,17). The van der Waals surface area contributed by atoms with Crippen molar-refractivity contribution < 1.29 is 4.79 Å². The number of rotatable bonds is 5. The summed E-state index contributed by atoms with van der Waals surface area (Å²) in [6, 6.07) is 7.73. The molecule has 0 aromatic heterocycles. The normalized spacial score (nSPS) is 9.29. The van der Waals surface area contributed by atoms with Crippen LogP contribution in [0.25, 0.3) is 0 Å². The fourth-order valence-corrected chi connectivity index (χ4v) is 1.39. The van der Waals surface area contributed by atoms with Gasteiger partial charge in [-0.1, -0.05) is 18.2 Å². The molecule has 0 atom stereocenters. The van der Waals surface area contributed by atoms with E-state index in [-0.39, 0.29) is 5.91 Å². The molecule has 0 spiro atoms. The van der Waals surface area contributed by atoms with E-state index in [4.69, 9.17) is 0 Å². The van der Waals surface area contributed by atoms with Crippen LogP contribution in [-0.4, -0.2) is 19.0 Å². The minimum absolute atomic E-state index is 0.0243. The molecule has 2 N–H and O–H groups in total. The molecule has 0 bridgehead atoms. The second kappa shape index (κ2) is 7.48. The number of nitrogens with one attached hydrogen (secondary N) is 2. The average molecular weight is 230 g/mol. The monoisotopic (exact) mass is 230 g/mol. The molecule has 90 valence electrons. The van der Waals surface area contributed by atoms with Gasteiger partial charge >= 0.3 is 0 Å². The molecule has 1 aromatic carbocycles. The molecule has 0 unspecified atom stereocenters. The van der Waals surface area contributed by atoms with Gasteiger partial charge in [-0.05, 0) is 25.5 Å². The van der Waals surface area contributed by atoms with Crippen LogP contribution < -0.4 is 10.6 Å². The summed E-state index contributed by atoms with van der Waals surface area (Å²) in [6.07, 6.45) is 0.772. The number of benzene rings is 1. The van der Waals surface area contributed by atoms with Gasteiger partial charge in [0.25, 0.3) is 0 Å². The molecule has 0 aliphatic rings. The minimum Gasteiger partial charge on any atom is -0.325 e. The van der Waals surface area contributed by atoms with E-state index < -0.39 is 0 Å². The summed E-state index contributed by atoms with van der Waals surface area (Å²) in [5, 5.41) is 5.91. The van der Waals surface area contributed by atoms with Crippen LogP contribution in [0.15, 0.2) is 24.3 Å². The van der Waals surface area contributed by atoms with Crippen molar-refractivity contribution in [2.24, 2.45) is 0 Å². The smallest absolute Gasteiger partial charge is 0.238 e. The van der Waals surface area contributed by atoms with E-state index in [1.54, 1.807) is 0 Å². The zero-order chi connectivity index (χ0) is 12.5. The van der Waals surface area contributed by atoms with Crippen LogP contribution >= 0.6 is 0 Å². The van der Waals surface area contributed by atoms with Gasteiger partial charge in [0.05, 0.1) is 6.54 Å². The zero-order valence-corrected chi connectivity index (χ0v) is 10.3. The molecule has 3 nitrogen and oxygen atoms in total. The Kier molecular flexibility index (Phi) is 5.84. The van der Waals surface area contributed by atoms with Gasteiger partial charge in [0.2, 0.25) is 5.91 Å². The number of hydrogen-bond donors (Lipinski definition) is 2. The lowest BCUT2D eigenvalue weighted by atomic mass is 10.2. The van der Waals surface area contributed by atoms with Crippen molar-refractivity contribution >= 4 is 11.6 Å². The molecule has 0 fully saturated rings. The first-order chi connectivity index (χ1) is 8.24. The molecular formula is C14H18N2O. The van der Waals surface area contributed by atoms with Gasteiger partial charge in [-0.25, -0.2) is 0 Å². The number of anilines is 1. The van der Waals surface area contributed by atoms with Crippen LogP contribution in [-0.2, 0) is 4.79 Å². The molecule has 0 aliphatic carbocycles. The summed E-state index contributed by atoms with van der Waals surface area (Å²) in [5.74, 6) is 5.72. The zero-order valence-electron chi connectivity index (χ0n) is 10.3. The lowest BCUT2D eigenvalue weighted by molar-refractivity contribution is -0.115. The molecule has 0 heterocycles. The van der Waals surface area contributed by atoms with Crippen molar-refractivity contribution in [1.82, 2.24) is 5.32 Å². The number of carbonyl (C=O) groups excluding carboxylic acids is 1. The Labute approximate surface area is 103 Å². The first-order valence-electron chi connectivity index (χ1n) is 5.70. The lowest BCUT2D eigenvalue weighted by Crippen LogP contribution is -2.28. The molecule has 3 heteroatoms. The van der Waals surface area contributed by atoms with Crippen molar-refractivity contribution in [3.8, 4) is 11.8 Å². The third-order valence-electron chi connectivity index (χ3n) is 2.31. The molecule has 1 aromatic rings. The fraction of sp³-hybridized carbons (Fsp3) is 0.357. The predicted octanol–water partition coefficient (Wildman–Crippen LogP) is 1.94. The van der Waals surface area contributed by atoms with E-state index in [9.17, 15) is 4.79 Å². The Hall–Kier alpha value is -1.79. The van der Waals surface area contributed by atoms with Gasteiger partial charge < -0.3 is 10.6 Å². The number of amides is 1. The third-order valence-corrected chi connectivity index (χ3v) is 2.31. The average Bonchev–Trinajstić information content (AvgIpc) is 2.32. The van der Waals surface area contributed by atoms with Crippen molar-refractivity contribution in [1.29, 1.82) is 0 Å². The van der Waals surface area contributed by atoms with E-state index >= 15 is 0 Å². The number of aryl methyl sites for hydroxylation is 1. The first kappa shape index (κ1) is 13.3. The highest BCUT2D eigenvalue weighted by atomic mass is 16.1. The van der Waals surface area contributed by atoms with Gasteiger partial charge in [0.1, 0.15) is 0 Å². The summed E-state index contributed by atoms with van der Waals surface area (Å²) in [4.78, 5) is 11.6. The van der Waals surface area contributed by atoms with Crippen molar-refractivity contribution in [3.63, 3.8) is 0 Å². The van der Waals surface area contributed by atoms with Crippen molar-refractivity contribution in [3.05, 3.63) is 29.8 Å². The largest absolute Gasteiger partial charge is 0.325 e. The van der Waals surface area contributed by atoms with Gasteiger partial charge in [-0.2, -0.15) is 0 Å². The first-order valence-corrected chi connectivity index (χ1v) is 5.70. The highest BCUT2D eigenvalue weighted by molar-refractivity contribution is 5.92. The summed E-state index contributed by atoms with van der Waals surface area (Å²) in [6.45, 7) is 4.84. The van der Waals surface area contributed by atoms with E-state index in [0.717, 1.165) is 24.2 Å². The molecule has 0 aliphatic heterocycles. The third kappa shape index (κ3) is 5.19. The van der Waals surface area contributed by atoms with E-state index in [1.165, 1.54) is 0 Å². The maximum atomic E-state index is 11.6. The molecule has 1 amide bonds. The SMILES string of the molecule is CC#CCCNCC(=O)Nc1ccccc1C. The van der Waals surface area contributed by atoms with Crippen molar-refractivity contribution in [2.75, 3.05) is 18.4 Å². The van der Waals surface area contributed by atoms with Gasteiger partial charge in [-0.15, -0.1) is 11.8 Å². The fourth-order valence-electron chi connectivity index (χ4n) is 1.39. The maximum absolute atomic E-state index is 11.6. The summed E-state index contributed by atoms with van der Waals surface area (Å²) in [5.41, 5.74) is 1.94. The molecule has 0 radical (unpaired) electrons. The minimum atomic E-state index is -0.0243. The molecule has 0 saturated heterocycles. The Morgan fingerprint density at radius 3 is 2.82 bits per heavy atom. The van der Waals surface area contributed by atoms with Crippen molar-refractivity contribution in [2.45, 2.75) is 20.3 Å².